The highest BCUT2D eigenvalue weighted by Crippen LogP contribution is 2.04. The number of rotatable bonds is 6. The maximum atomic E-state index is 5.72. The summed E-state index contributed by atoms with van der Waals surface area (Å²) in [4.78, 5) is 4.22. The van der Waals surface area contributed by atoms with Gasteiger partial charge in [-0.25, -0.2) is 9.67 Å². The van der Waals surface area contributed by atoms with Gasteiger partial charge in [0.2, 0.25) is 0 Å². The zero-order chi connectivity index (χ0) is 11.3. The zero-order valence-corrected chi connectivity index (χ0v) is 10.3. The number of hydrogen-bond acceptors (Lipinski definition) is 3. The van der Waals surface area contributed by atoms with E-state index in [1.165, 1.54) is 0 Å². The summed E-state index contributed by atoms with van der Waals surface area (Å²) < 4.78 is 1.93. The molecule has 1 aromatic rings. The first-order valence-electron chi connectivity index (χ1n) is 5.30. The molecular formula is C10H19ClN4. The molecule has 0 saturated heterocycles. The Labute approximate surface area is 96.0 Å². The van der Waals surface area contributed by atoms with Gasteiger partial charge in [-0.3, -0.25) is 0 Å². The lowest BCUT2D eigenvalue weighted by Gasteiger charge is -2.11. The van der Waals surface area contributed by atoms with Crippen LogP contribution in [0.2, 0.25) is 0 Å². The SMILES string of the molecule is CC(CCl)CNCc1ncnn1C(C)C. The standard InChI is InChI=1S/C10H19ClN4/c1-8(2)15-10(13-7-14-15)6-12-5-9(3)4-11/h7-9,12H,4-6H2,1-3H3. The zero-order valence-electron chi connectivity index (χ0n) is 9.57. The molecule has 0 bridgehead atoms. The molecule has 5 heteroatoms. The van der Waals surface area contributed by atoms with Crippen LogP contribution in [0.5, 0.6) is 0 Å². The third kappa shape index (κ3) is 3.80. The molecule has 1 heterocycles. The third-order valence-corrected chi connectivity index (χ3v) is 2.70. The Bertz CT molecular complexity index is 285. The van der Waals surface area contributed by atoms with Gasteiger partial charge in [0.25, 0.3) is 0 Å². The normalized spacial score (nSPS) is 13.4. The minimum absolute atomic E-state index is 0.356. The van der Waals surface area contributed by atoms with E-state index in [1.807, 2.05) is 4.68 Å². The van der Waals surface area contributed by atoms with Crippen molar-refractivity contribution in [2.75, 3.05) is 12.4 Å². The van der Waals surface area contributed by atoms with E-state index in [9.17, 15) is 0 Å². The van der Waals surface area contributed by atoms with E-state index in [1.54, 1.807) is 6.33 Å². The molecule has 15 heavy (non-hydrogen) atoms. The minimum atomic E-state index is 0.356. The molecular weight excluding hydrogens is 212 g/mol. The summed E-state index contributed by atoms with van der Waals surface area (Å²) in [5.41, 5.74) is 0. The van der Waals surface area contributed by atoms with Crippen LogP contribution in [0.3, 0.4) is 0 Å². The van der Waals surface area contributed by atoms with E-state index in [0.717, 1.165) is 18.9 Å². The van der Waals surface area contributed by atoms with Gasteiger partial charge < -0.3 is 5.32 Å². The van der Waals surface area contributed by atoms with Gasteiger partial charge in [-0.05, 0) is 26.3 Å². The van der Waals surface area contributed by atoms with Crippen LogP contribution >= 0.6 is 11.6 Å². The number of halogens is 1. The fraction of sp³-hybridized carbons (Fsp3) is 0.800. The van der Waals surface area contributed by atoms with Gasteiger partial charge in [0.15, 0.2) is 0 Å². The maximum Gasteiger partial charge on any atom is 0.141 e. The van der Waals surface area contributed by atoms with Gasteiger partial charge >= 0.3 is 0 Å². The lowest BCUT2D eigenvalue weighted by Crippen LogP contribution is -2.24. The first-order chi connectivity index (χ1) is 7.15. The van der Waals surface area contributed by atoms with Gasteiger partial charge in [-0.1, -0.05) is 6.92 Å². The summed E-state index contributed by atoms with van der Waals surface area (Å²) in [5, 5.41) is 7.50. The second kappa shape index (κ2) is 6.08. The van der Waals surface area contributed by atoms with Crippen molar-refractivity contribution in [3.63, 3.8) is 0 Å². The van der Waals surface area contributed by atoms with Crippen LogP contribution in [-0.4, -0.2) is 27.2 Å². The highest BCUT2D eigenvalue weighted by molar-refractivity contribution is 6.18. The van der Waals surface area contributed by atoms with Crippen molar-refractivity contribution in [2.45, 2.75) is 33.4 Å². The summed E-state index contributed by atoms with van der Waals surface area (Å²) in [6.45, 7) is 7.97. The molecule has 0 fully saturated rings. The second-order valence-corrected chi connectivity index (χ2v) is 4.41. The molecule has 0 saturated carbocycles. The van der Waals surface area contributed by atoms with Crippen molar-refractivity contribution in [3.8, 4) is 0 Å². The molecule has 0 radical (unpaired) electrons. The summed E-state index contributed by atoms with van der Waals surface area (Å²) in [7, 11) is 0. The van der Waals surface area contributed by atoms with Crippen molar-refractivity contribution in [1.82, 2.24) is 20.1 Å². The van der Waals surface area contributed by atoms with Crippen molar-refractivity contribution in [3.05, 3.63) is 12.2 Å². The molecule has 4 nitrogen and oxygen atoms in total. The molecule has 1 N–H and O–H groups in total. The molecule has 1 unspecified atom stereocenters. The Hall–Kier alpha value is -0.610. The van der Waals surface area contributed by atoms with E-state index in [0.29, 0.717) is 17.8 Å². The Balaban J connectivity index is 2.40. The summed E-state index contributed by atoms with van der Waals surface area (Å²) in [5.74, 6) is 2.15. The second-order valence-electron chi connectivity index (χ2n) is 4.10. The van der Waals surface area contributed by atoms with Crippen LogP contribution in [0, 0.1) is 5.92 Å². The molecule has 0 aliphatic rings. The van der Waals surface area contributed by atoms with Crippen LogP contribution in [0.15, 0.2) is 6.33 Å². The van der Waals surface area contributed by atoms with Gasteiger partial charge in [-0.2, -0.15) is 5.10 Å². The molecule has 0 aromatic carbocycles. The number of nitrogens with one attached hydrogen (secondary N) is 1. The predicted octanol–water partition coefficient (Wildman–Crippen LogP) is 1.82. The van der Waals surface area contributed by atoms with E-state index >= 15 is 0 Å². The van der Waals surface area contributed by atoms with Crippen LogP contribution in [0.4, 0.5) is 0 Å². The minimum Gasteiger partial charge on any atom is -0.310 e. The van der Waals surface area contributed by atoms with Crippen molar-refractivity contribution in [2.24, 2.45) is 5.92 Å². The van der Waals surface area contributed by atoms with Gasteiger partial charge in [0, 0.05) is 11.9 Å². The summed E-state index contributed by atoms with van der Waals surface area (Å²) in [6, 6.07) is 0.356. The Morgan fingerprint density at radius 2 is 2.20 bits per heavy atom. The van der Waals surface area contributed by atoms with Crippen LogP contribution in [0.1, 0.15) is 32.6 Å². The molecule has 0 spiro atoms. The summed E-state index contributed by atoms with van der Waals surface area (Å²) >= 11 is 5.72. The smallest absolute Gasteiger partial charge is 0.141 e. The number of aromatic nitrogens is 3. The first-order valence-corrected chi connectivity index (χ1v) is 5.83. The molecule has 1 aromatic heterocycles. The number of hydrogen-bond donors (Lipinski definition) is 1. The Kier molecular flexibility index (Phi) is 5.05. The quantitative estimate of drug-likeness (QED) is 0.759. The maximum absolute atomic E-state index is 5.72. The molecule has 0 aliphatic heterocycles. The Morgan fingerprint density at radius 1 is 1.47 bits per heavy atom. The average Bonchev–Trinajstić information content (AvgIpc) is 2.65. The van der Waals surface area contributed by atoms with E-state index < -0.39 is 0 Å². The predicted molar refractivity (Wildman–Crippen MR) is 62.0 cm³/mol. The fourth-order valence-electron chi connectivity index (χ4n) is 1.32. The lowest BCUT2D eigenvalue weighted by molar-refractivity contribution is 0.477. The highest BCUT2D eigenvalue weighted by Gasteiger charge is 2.07. The van der Waals surface area contributed by atoms with Crippen molar-refractivity contribution in [1.29, 1.82) is 0 Å². The van der Waals surface area contributed by atoms with E-state index in [2.05, 4.69) is 36.2 Å². The molecule has 0 amide bonds. The Morgan fingerprint density at radius 3 is 2.80 bits per heavy atom. The summed E-state index contributed by atoms with van der Waals surface area (Å²) in [6.07, 6.45) is 1.60. The first kappa shape index (κ1) is 12.5. The molecule has 0 aliphatic carbocycles. The number of alkyl halides is 1. The van der Waals surface area contributed by atoms with Gasteiger partial charge in [0.05, 0.1) is 6.54 Å². The van der Waals surface area contributed by atoms with E-state index in [-0.39, 0.29) is 0 Å². The number of nitrogens with zero attached hydrogens (tertiary/aromatic N) is 3. The third-order valence-electron chi connectivity index (χ3n) is 2.18. The average molecular weight is 231 g/mol. The van der Waals surface area contributed by atoms with Gasteiger partial charge in [0.1, 0.15) is 12.2 Å². The molecule has 1 atom stereocenters. The molecule has 1 rings (SSSR count). The topological polar surface area (TPSA) is 42.7 Å². The molecule has 86 valence electrons. The fourth-order valence-corrected chi connectivity index (χ4v) is 1.43. The van der Waals surface area contributed by atoms with Crippen LogP contribution < -0.4 is 5.32 Å². The van der Waals surface area contributed by atoms with Gasteiger partial charge in [-0.15, -0.1) is 11.6 Å². The van der Waals surface area contributed by atoms with Crippen molar-refractivity contribution >= 4 is 11.6 Å². The lowest BCUT2D eigenvalue weighted by atomic mass is 10.2. The monoisotopic (exact) mass is 230 g/mol. The highest BCUT2D eigenvalue weighted by atomic mass is 35.5. The van der Waals surface area contributed by atoms with Crippen LogP contribution in [0.25, 0.3) is 0 Å². The largest absolute Gasteiger partial charge is 0.310 e. The van der Waals surface area contributed by atoms with E-state index in [4.69, 9.17) is 11.6 Å². The van der Waals surface area contributed by atoms with Crippen molar-refractivity contribution < 1.29 is 0 Å². The van der Waals surface area contributed by atoms with Crippen LogP contribution in [-0.2, 0) is 6.54 Å².